The molecular formula is C13H11N3O. The molecule has 2 rings (SSSR count). The van der Waals surface area contributed by atoms with Gasteiger partial charge in [-0.25, -0.2) is 4.98 Å². The standard InChI is InChI=1S/C13H11N3O/c1-17-12-6-4-11(5-7-12)16-13-10(9-14)3-2-8-15-13/h2-8H,1H3,(H,15,16). The first-order valence-electron chi connectivity index (χ1n) is 5.09. The third kappa shape index (κ3) is 2.52. The molecule has 0 aliphatic heterocycles. The Bertz CT molecular complexity index is 543. The molecule has 0 amide bonds. The molecule has 1 N–H and O–H groups in total. The van der Waals surface area contributed by atoms with Gasteiger partial charge in [0.1, 0.15) is 17.6 Å². The van der Waals surface area contributed by atoms with Crippen molar-refractivity contribution in [1.29, 1.82) is 5.26 Å². The van der Waals surface area contributed by atoms with E-state index in [2.05, 4.69) is 16.4 Å². The monoisotopic (exact) mass is 225 g/mol. The van der Waals surface area contributed by atoms with E-state index in [1.165, 1.54) is 0 Å². The Morgan fingerprint density at radius 3 is 2.65 bits per heavy atom. The summed E-state index contributed by atoms with van der Waals surface area (Å²) in [6.07, 6.45) is 1.65. The molecule has 17 heavy (non-hydrogen) atoms. The number of anilines is 2. The van der Waals surface area contributed by atoms with Gasteiger partial charge in [0.15, 0.2) is 0 Å². The first-order chi connectivity index (χ1) is 8.33. The lowest BCUT2D eigenvalue weighted by molar-refractivity contribution is 0.415. The Balaban J connectivity index is 2.23. The van der Waals surface area contributed by atoms with Crippen LogP contribution in [-0.2, 0) is 0 Å². The maximum absolute atomic E-state index is 8.93. The molecule has 1 heterocycles. The fourth-order valence-corrected chi connectivity index (χ4v) is 1.41. The highest BCUT2D eigenvalue weighted by Crippen LogP contribution is 2.20. The topological polar surface area (TPSA) is 57.9 Å². The van der Waals surface area contributed by atoms with E-state index in [1.807, 2.05) is 24.3 Å². The van der Waals surface area contributed by atoms with Crippen LogP contribution in [-0.4, -0.2) is 12.1 Å². The van der Waals surface area contributed by atoms with Gasteiger partial charge in [-0.2, -0.15) is 5.26 Å². The summed E-state index contributed by atoms with van der Waals surface area (Å²) in [5.41, 5.74) is 1.38. The van der Waals surface area contributed by atoms with E-state index in [9.17, 15) is 0 Å². The van der Waals surface area contributed by atoms with Crippen LogP contribution in [0, 0.1) is 11.3 Å². The van der Waals surface area contributed by atoms with Crippen molar-refractivity contribution in [2.75, 3.05) is 12.4 Å². The maximum Gasteiger partial charge on any atom is 0.148 e. The minimum atomic E-state index is 0.517. The lowest BCUT2D eigenvalue weighted by atomic mass is 10.2. The minimum Gasteiger partial charge on any atom is -0.497 e. The van der Waals surface area contributed by atoms with Crippen molar-refractivity contribution in [2.24, 2.45) is 0 Å². The van der Waals surface area contributed by atoms with Crippen LogP contribution in [0.2, 0.25) is 0 Å². The molecule has 0 atom stereocenters. The number of ether oxygens (including phenoxy) is 1. The number of hydrogen-bond acceptors (Lipinski definition) is 4. The number of nitriles is 1. The van der Waals surface area contributed by atoms with Gasteiger partial charge in [-0.15, -0.1) is 0 Å². The molecule has 0 saturated carbocycles. The molecule has 2 aromatic rings. The third-order valence-corrected chi connectivity index (χ3v) is 2.28. The van der Waals surface area contributed by atoms with Gasteiger partial charge in [-0.1, -0.05) is 0 Å². The van der Waals surface area contributed by atoms with E-state index >= 15 is 0 Å². The predicted molar refractivity (Wildman–Crippen MR) is 65.2 cm³/mol. The second-order valence-corrected chi connectivity index (χ2v) is 3.36. The average Bonchev–Trinajstić information content (AvgIpc) is 2.40. The molecule has 0 bridgehead atoms. The molecule has 1 aromatic carbocycles. The van der Waals surface area contributed by atoms with E-state index in [0.717, 1.165) is 11.4 Å². The van der Waals surface area contributed by atoms with Gasteiger partial charge in [0.25, 0.3) is 0 Å². The molecule has 0 radical (unpaired) electrons. The summed E-state index contributed by atoms with van der Waals surface area (Å²) in [5.74, 6) is 1.34. The number of pyridine rings is 1. The third-order valence-electron chi connectivity index (χ3n) is 2.28. The smallest absolute Gasteiger partial charge is 0.148 e. The van der Waals surface area contributed by atoms with Crippen LogP contribution in [0.5, 0.6) is 5.75 Å². The van der Waals surface area contributed by atoms with Gasteiger partial charge in [0.2, 0.25) is 0 Å². The van der Waals surface area contributed by atoms with Crippen LogP contribution in [0.3, 0.4) is 0 Å². The van der Waals surface area contributed by atoms with Crippen molar-refractivity contribution in [2.45, 2.75) is 0 Å². The fraction of sp³-hybridized carbons (Fsp3) is 0.0769. The van der Waals surface area contributed by atoms with Gasteiger partial charge in [0, 0.05) is 11.9 Å². The lowest BCUT2D eigenvalue weighted by Gasteiger charge is -2.07. The molecule has 0 saturated heterocycles. The summed E-state index contributed by atoms with van der Waals surface area (Å²) in [6.45, 7) is 0. The molecule has 0 spiro atoms. The van der Waals surface area contributed by atoms with Crippen LogP contribution >= 0.6 is 0 Å². The van der Waals surface area contributed by atoms with E-state index in [1.54, 1.807) is 25.4 Å². The van der Waals surface area contributed by atoms with Gasteiger partial charge >= 0.3 is 0 Å². The molecule has 0 aliphatic rings. The van der Waals surface area contributed by atoms with Gasteiger partial charge in [-0.3, -0.25) is 0 Å². The number of aromatic nitrogens is 1. The molecule has 0 fully saturated rings. The second-order valence-electron chi connectivity index (χ2n) is 3.36. The number of methoxy groups -OCH3 is 1. The number of rotatable bonds is 3. The SMILES string of the molecule is COc1ccc(Nc2ncccc2C#N)cc1. The summed E-state index contributed by atoms with van der Waals surface area (Å²) in [5, 5.41) is 12.0. The Hall–Kier alpha value is -2.54. The zero-order valence-electron chi connectivity index (χ0n) is 9.34. The van der Waals surface area contributed by atoms with Gasteiger partial charge in [0.05, 0.1) is 12.7 Å². The van der Waals surface area contributed by atoms with E-state index in [-0.39, 0.29) is 0 Å². The van der Waals surface area contributed by atoms with Gasteiger partial charge in [-0.05, 0) is 36.4 Å². The van der Waals surface area contributed by atoms with Crippen molar-refractivity contribution >= 4 is 11.5 Å². The van der Waals surface area contributed by atoms with Crippen LogP contribution in [0.15, 0.2) is 42.6 Å². The summed E-state index contributed by atoms with van der Waals surface area (Å²) >= 11 is 0. The summed E-state index contributed by atoms with van der Waals surface area (Å²) in [4.78, 5) is 4.12. The second kappa shape index (κ2) is 4.99. The highest BCUT2D eigenvalue weighted by atomic mass is 16.5. The van der Waals surface area contributed by atoms with Crippen LogP contribution in [0.1, 0.15) is 5.56 Å². The predicted octanol–water partition coefficient (Wildman–Crippen LogP) is 2.71. The fourth-order valence-electron chi connectivity index (χ4n) is 1.41. The number of hydrogen-bond donors (Lipinski definition) is 1. The zero-order valence-corrected chi connectivity index (χ0v) is 9.34. The molecule has 4 heteroatoms. The molecular weight excluding hydrogens is 214 g/mol. The number of nitrogens with zero attached hydrogens (tertiary/aromatic N) is 2. The zero-order chi connectivity index (χ0) is 12.1. The molecule has 4 nitrogen and oxygen atoms in total. The summed E-state index contributed by atoms with van der Waals surface area (Å²) in [6, 6.07) is 13.0. The van der Waals surface area contributed by atoms with Crippen molar-refractivity contribution in [3.8, 4) is 11.8 Å². The Morgan fingerprint density at radius 2 is 2.00 bits per heavy atom. The first kappa shape index (κ1) is 11.0. The van der Waals surface area contributed by atoms with E-state index < -0.39 is 0 Å². The quantitative estimate of drug-likeness (QED) is 0.872. The molecule has 0 unspecified atom stereocenters. The van der Waals surface area contributed by atoms with E-state index in [0.29, 0.717) is 11.4 Å². The highest BCUT2D eigenvalue weighted by molar-refractivity contribution is 5.62. The van der Waals surface area contributed by atoms with E-state index in [4.69, 9.17) is 10.00 Å². The van der Waals surface area contributed by atoms with Crippen LogP contribution in [0.25, 0.3) is 0 Å². The summed E-state index contributed by atoms with van der Waals surface area (Å²) < 4.78 is 5.07. The maximum atomic E-state index is 8.93. The normalized spacial score (nSPS) is 9.41. The van der Waals surface area contributed by atoms with Crippen LogP contribution in [0.4, 0.5) is 11.5 Å². The minimum absolute atomic E-state index is 0.517. The highest BCUT2D eigenvalue weighted by Gasteiger charge is 2.02. The Labute approximate surface area is 99.5 Å². The van der Waals surface area contributed by atoms with Crippen molar-refractivity contribution in [3.05, 3.63) is 48.2 Å². The number of benzene rings is 1. The average molecular weight is 225 g/mol. The van der Waals surface area contributed by atoms with Crippen molar-refractivity contribution in [1.82, 2.24) is 4.98 Å². The largest absolute Gasteiger partial charge is 0.497 e. The first-order valence-corrected chi connectivity index (χ1v) is 5.09. The van der Waals surface area contributed by atoms with Gasteiger partial charge < -0.3 is 10.1 Å². The molecule has 0 aliphatic carbocycles. The Kier molecular flexibility index (Phi) is 3.22. The van der Waals surface area contributed by atoms with Crippen molar-refractivity contribution in [3.63, 3.8) is 0 Å². The summed E-state index contributed by atoms with van der Waals surface area (Å²) in [7, 11) is 1.62. The molecule has 84 valence electrons. The number of nitrogens with one attached hydrogen (secondary N) is 1. The Morgan fingerprint density at radius 1 is 1.24 bits per heavy atom. The lowest BCUT2D eigenvalue weighted by Crippen LogP contribution is -1.96. The molecule has 1 aromatic heterocycles. The van der Waals surface area contributed by atoms with Crippen molar-refractivity contribution < 1.29 is 4.74 Å². The van der Waals surface area contributed by atoms with Crippen LogP contribution < -0.4 is 10.1 Å².